The number of benzene rings is 2. The van der Waals surface area contributed by atoms with Crippen LogP contribution in [0.15, 0.2) is 105 Å². The molecule has 0 saturated heterocycles. The molecule has 48 heavy (non-hydrogen) atoms. The number of carbonyl (C=O) groups excluding carboxylic acids is 2. The highest BCUT2D eigenvalue weighted by Crippen LogP contribution is 2.45. The second-order valence-corrected chi connectivity index (χ2v) is 17.1. The largest absolute Gasteiger partial charge is 0.321 e. The van der Waals surface area contributed by atoms with Crippen LogP contribution < -0.4 is 20.1 Å². The van der Waals surface area contributed by atoms with E-state index in [1.54, 1.807) is 24.3 Å². The van der Waals surface area contributed by atoms with E-state index in [0.717, 1.165) is 21.6 Å². The molecule has 4 N–H and O–H groups in total. The van der Waals surface area contributed by atoms with Crippen molar-refractivity contribution in [2.45, 2.75) is 47.3 Å². The maximum Gasteiger partial charge on any atom is 0.257 e. The van der Waals surface area contributed by atoms with E-state index >= 15 is 0 Å². The number of carbonyl (C=O) groups is 2. The lowest BCUT2D eigenvalue weighted by molar-refractivity contribution is 0.101. The summed E-state index contributed by atoms with van der Waals surface area (Å²) in [6.45, 7) is 7.99. The van der Waals surface area contributed by atoms with Crippen LogP contribution in [-0.2, 0) is 20.0 Å². The smallest absolute Gasteiger partial charge is 0.257 e. The summed E-state index contributed by atoms with van der Waals surface area (Å²) < 4.78 is 57.7. The predicted octanol–water partition coefficient (Wildman–Crippen LogP) is 5.65. The van der Waals surface area contributed by atoms with Gasteiger partial charge in [-0.3, -0.25) is 19.6 Å². The summed E-state index contributed by atoms with van der Waals surface area (Å²) in [4.78, 5) is 34.7. The van der Waals surface area contributed by atoms with Crippen molar-refractivity contribution < 1.29 is 26.4 Å². The number of pyridine rings is 2. The second kappa shape index (κ2) is 16.5. The first-order chi connectivity index (χ1) is 22.7. The van der Waals surface area contributed by atoms with Crippen molar-refractivity contribution in [2.75, 3.05) is 23.7 Å². The van der Waals surface area contributed by atoms with Gasteiger partial charge in [-0.05, 0) is 72.5 Å². The number of hydrogen-bond donors (Lipinski definition) is 4. The zero-order valence-electron chi connectivity index (χ0n) is 26.6. The highest BCUT2D eigenvalue weighted by Gasteiger charge is 2.21. The topological polar surface area (TPSA) is 176 Å². The Morgan fingerprint density at radius 1 is 0.646 bits per heavy atom. The number of aromatic nitrogens is 2. The number of anilines is 2. The third-order valence-corrected chi connectivity index (χ3v) is 11.7. The molecule has 0 spiro atoms. The normalized spacial score (nSPS) is 11.9. The molecule has 0 aliphatic heterocycles. The van der Waals surface area contributed by atoms with Crippen molar-refractivity contribution in [1.82, 2.24) is 19.4 Å². The first kappa shape index (κ1) is 37.0. The van der Waals surface area contributed by atoms with Crippen LogP contribution in [0.25, 0.3) is 0 Å². The molecule has 0 fully saturated rings. The Balaban J connectivity index is 1.72. The van der Waals surface area contributed by atoms with E-state index in [9.17, 15) is 26.4 Å². The third-order valence-electron chi connectivity index (χ3n) is 6.46. The molecular formula is C32H36N6O6S4. The van der Waals surface area contributed by atoms with E-state index in [1.165, 1.54) is 61.2 Å². The molecule has 2 aromatic carbocycles. The van der Waals surface area contributed by atoms with Gasteiger partial charge in [0.05, 0.1) is 32.3 Å². The lowest BCUT2D eigenvalue weighted by Gasteiger charge is -2.16. The lowest BCUT2D eigenvalue weighted by Crippen LogP contribution is -2.27. The van der Waals surface area contributed by atoms with Crippen LogP contribution in [0.5, 0.6) is 0 Å². The average Bonchev–Trinajstić information content (AvgIpc) is 3.07. The average molecular weight is 729 g/mol. The molecule has 0 bridgehead atoms. The van der Waals surface area contributed by atoms with Gasteiger partial charge in [-0.15, -0.1) is 0 Å². The summed E-state index contributed by atoms with van der Waals surface area (Å²) in [5.41, 5.74) is 1.21. The minimum absolute atomic E-state index is 0.0232. The third kappa shape index (κ3) is 10.3. The molecule has 0 saturated carbocycles. The van der Waals surface area contributed by atoms with E-state index in [4.69, 9.17) is 0 Å². The predicted molar refractivity (Wildman–Crippen MR) is 189 cm³/mol. The van der Waals surface area contributed by atoms with Gasteiger partial charge in [0.1, 0.15) is 0 Å². The molecule has 16 heteroatoms. The second-order valence-electron chi connectivity index (χ2n) is 11.4. The van der Waals surface area contributed by atoms with Gasteiger partial charge in [-0.25, -0.2) is 26.3 Å². The summed E-state index contributed by atoms with van der Waals surface area (Å²) in [5, 5.41) is 5.62. The van der Waals surface area contributed by atoms with Crippen LogP contribution >= 0.6 is 21.6 Å². The number of nitrogens with zero attached hydrogens (tertiary/aromatic N) is 2. The standard InChI is InChI=1S/C32H36N6O6S4/c1-21(2)17-35-47(41,42)25-9-11-27(37-31(39)23-7-5-13-33-19-23)29(15-25)45-46-30-16-26(48(43,44)36-18-22(3)4)10-12-28(30)38-32(40)24-8-6-14-34-20-24/h5-16,19-22,35-36H,17-18H2,1-4H3,(H,37,39)(H,38,40). The molecule has 0 aliphatic carbocycles. The van der Waals surface area contributed by atoms with Gasteiger partial charge in [-0.1, -0.05) is 49.3 Å². The first-order valence-corrected chi connectivity index (χ1v) is 19.9. The Hall–Kier alpha value is -3.80. The molecule has 2 amide bonds. The van der Waals surface area contributed by atoms with Crippen molar-refractivity contribution in [3.63, 3.8) is 0 Å². The minimum atomic E-state index is -3.90. The molecular weight excluding hydrogens is 693 g/mol. The number of hydrogen-bond acceptors (Lipinski definition) is 10. The maximum atomic E-state index is 13.1. The molecule has 2 heterocycles. The summed E-state index contributed by atoms with van der Waals surface area (Å²) in [7, 11) is -5.63. The molecule has 12 nitrogen and oxygen atoms in total. The Morgan fingerprint density at radius 3 is 1.38 bits per heavy atom. The Labute approximate surface area is 288 Å². The zero-order valence-corrected chi connectivity index (χ0v) is 29.9. The van der Waals surface area contributed by atoms with Gasteiger partial charge in [-0.2, -0.15) is 0 Å². The molecule has 2 aromatic heterocycles. The van der Waals surface area contributed by atoms with E-state index < -0.39 is 31.9 Å². The van der Waals surface area contributed by atoms with E-state index in [-0.39, 0.29) is 34.7 Å². The van der Waals surface area contributed by atoms with Crippen LogP contribution in [0.1, 0.15) is 48.4 Å². The van der Waals surface area contributed by atoms with Gasteiger partial charge in [0.2, 0.25) is 20.0 Å². The van der Waals surface area contributed by atoms with Gasteiger partial charge < -0.3 is 10.6 Å². The monoisotopic (exact) mass is 728 g/mol. The SMILES string of the molecule is CC(C)CNS(=O)(=O)c1ccc(NC(=O)c2cccnc2)c(SSc2cc(S(=O)(=O)NCC(C)C)ccc2NC(=O)c2cccnc2)c1. The van der Waals surface area contributed by atoms with Crippen LogP contribution in [0.4, 0.5) is 11.4 Å². The van der Waals surface area contributed by atoms with Crippen LogP contribution in [-0.4, -0.2) is 51.7 Å². The van der Waals surface area contributed by atoms with Crippen molar-refractivity contribution in [2.24, 2.45) is 11.8 Å². The molecule has 4 rings (SSSR count). The quantitative estimate of drug-likeness (QED) is 0.112. The van der Waals surface area contributed by atoms with Crippen molar-refractivity contribution in [3.8, 4) is 0 Å². The van der Waals surface area contributed by atoms with Gasteiger partial charge in [0.15, 0.2) is 0 Å². The van der Waals surface area contributed by atoms with E-state index in [0.29, 0.717) is 32.3 Å². The van der Waals surface area contributed by atoms with Crippen LogP contribution in [0.3, 0.4) is 0 Å². The summed E-state index contributed by atoms with van der Waals surface area (Å²) in [6.07, 6.45) is 5.88. The molecule has 0 atom stereocenters. The Morgan fingerprint density at radius 2 is 1.04 bits per heavy atom. The van der Waals surface area contributed by atoms with E-state index in [1.807, 2.05) is 27.7 Å². The fraction of sp³-hybridized carbons (Fsp3) is 0.250. The number of rotatable bonds is 15. The van der Waals surface area contributed by atoms with Crippen molar-refractivity contribution >= 4 is 64.8 Å². The molecule has 4 aromatic rings. The summed E-state index contributed by atoms with van der Waals surface area (Å²) in [6, 6.07) is 15.0. The number of sulfonamides is 2. The fourth-order valence-corrected chi connectivity index (χ4v) is 8.82. The highest BCUT2D eigenvalue weighted by atomic mass is 33.1. The molecule has 0 aliphatic rings. The lowest BCUT2D eigenvalue weighted by atomic mass is 10.2. The molecule has 0 radical (unpaired) electrons. The van der Waals surface area contributed by atoms with Crippen LogP contribution in [0.2, 0.25) is 0 Å². The van der Waals surface area contributed by atoms with Crippen molar-refractivity contribution in [1.29, 1.82) is 0 Å². The fourth-order valence-electron chi connectivity index (χ4n) is 3.88. The number of nitrogens with one attached hydrogen (secondary N) is 4. The summed E-state index contributed by atoms with van der Waals surface area (Å²) >= 11 is 0. The molecule has 0 unspecified atom stereocenters. The van der Waals surface area contributed by atoms with Gasteiger partial charge in [0, 0.05) is 47.7 Å². The van der Waals surface area contributed by atoms with Crippen LogP contribution in [0, 0.1) is 11.8 Å². The Bertz CT molecular complexity index is 1820. The summed E-state index contributed by atoms with van der Waals surface area (Å²) in [5.74, 6) is -0.781. The maximum absolute atomic E-state index is 13.1. The van der Waals surface area contributed by atoms with Gasteiger partial charge >= 0.3 is 0 Å². The van der Waals surface area contributed by atoms with E-state index in [2.05, 4.69) is 30.0 Å². The Kier molecular flexibility index (Phi) is 12.8. The van der Waals surface area contributed by atoms with Crippen molar-refractivity contribution in [3.05, 3.63) is 96.6 Å². The molecule has 254 valence electrons. The van der Waals surface area contributed by atoms with Gasteiger partial charge in [0.25, 0.3) is 11.8 Å². The zero-order chi connectivity index (χ0) is 34.9. The highest BCUT2D eigenvalue weighted by molar-refractivity contribution is 8.76. The minimum Gasteiger partial charge on any atom is -0.321 e. The number of amides is 2. The first-order valence-electron chi connectivity index (χ1n) is 14.8.